The molecule has 0 saturated carbocycles. The zero-order valence-corrected chi connectivity index (χ0v) is 20.4. The van der Waals surface area contributed by atoms with Gasteiger partial charge in [-0.15, -0.1) is 0 Å². The summed E-state index contributed by atoms with van der Waals surface area (Å²) < 4.78 is 10.3. The van der Waals surface area contributed by atoms with Crippen LogP contribution in [0.4, 0.5) is 5.13 Å². The van der Waals surface area contributed by atoms with Gasteiger partial charge in [0.2, 0.25) is 0 Å². The Labute approximate surface area is 205 Å². The van der Waals surface area contributed by atoms with Gasteiger partial charge >= 0.3 is 11.9 Å². The summed E-state index contributed by atoms with van der Waals surface area (Å²) in [6, 6.07) is 7.39. The molecule has 2 aromatic heterocycles. The summed E-state index contributed by atoms with van der Waals surface area (Å²) in [5.74, 6) is -2.02. The maximum absolute atomic E-state index is 13.3. The topological polar surface area (TPSA) is 119 Å². The largest absolute Gasteiger partial charge is 0.507 e. The first-order valence-electron chi connectivity index (χ1n) is 10.8. The zero-order valence-electron chi connectivity index (χ0n) is 19.6. The van der Waals surface area contributed by atoms with E-state index in [1.165, 1.54) is 18.2 Å². The molecule has 0 spiro atoms. The number of esters is 1. The van der Waals surface area contributed by atoms with Crippen LogP contribution >= 0.6 is 11.3 Å². The molecular formula is C25H23N3O6S. The van der Waals surface area contributed by atoms with Gasteiger partial charge in [-0.3, -0.25) is 19.5 Å². The first kappa shape index (κ1) is 24.1. The van der Waals surface area contributed by atoms with Crippen LogP contribution in [0.15, 0.2) is 48.3 Å². The number of hydrogen-bond donors (Lipinski definition) is 1. The number of amides is 1. The van der Waals surface area contributed by atoms with Crippen molar-refractivity contribution >= 4 is 39.9 Å². The predicted octanol–water partition coefficient (Wildman–Crippen LogP) is 3.97. The lowest BCUT2D eigenvalue weighted by molar-refractivity contribution is -0.132. The zero-order chi connectivity index (χ0) is 25.3. The summed E-state index contributed by atoms with van der Waals surface area (Å²) in [4.78, 5) is 48.9. The number of methoxy groups -OCH3 is 1. The van der Waals surface area contributed by atoms with Gasteiger partial charge in [0, 0.05) is 18.0 Å². The first-order valence-corrected chi connectivity index (χ1v) is 11.6. The van der Waals surface area contributed by atoms with Gasteiger partial charge in [0.1, 0.15) is 16.4 Å². The number of carbonyl (C=O) groups excluding carboxylic acids is 3. The van der Waals surface area contributed by atoms with Crippen molar-refractivity contribution in [2.75, 3.05) is 18.6 Å². The normalized spacial score (nSPS) is 17.0. The highest BCUT2D eigenvalue weighted by Crippen LogP contribution is 2.44. The Bertz CT molecular complexity index is 1350. The van der Waals surface area contributed by atoms with Crippen LogP contribution in [0, 0.1) is 13.8 Å². The fourth-order valence-corrected chi connectivity index (χ4v) is 4.92. The highest BCUT2D eigenvalue weighted by atomic mass is 32.1. The molecule has 3 aromatic rings. The number of aryl methyl sites for hydroxylation is 2. The standard InChI is InChI=1S/C25H23N3O6S/c1-5-34-24(32)22-14(3)27-25(35-22)28-19(15-7-6-10-26-12-15)18(21(30)23(28)31)20(29)17-9-8-16(33-4)11-13(17)2/h6-12,19,29H,5H2,1-4H3/t19-/m1/s1. The van der Waals surface area contributed by atoms with E-state index in [-0.39, 0.29) is 27.9 Å². The second-order valence-electron chi connectivity index (χ2n) is 7.77. The number of ketones is 1. The molecule has 35 heavy (non-hydrogen) atoms. The number of aliphatic hydroxyl groups is 1. The van der Waals surface area contributed by atoms with E-state index in [9.17, 15) is 19.5 Å². The molecule has 1 aliphatic heterocycles. The van der Waals surface area contributed by atoms with Crippen LogP contribution in [-0.2, 0) is 14.3 Å². The maximum atomic E-state index is 13.3. The number of anilines is 1. The summed E-state index contributed by atoms with van der Waals surface area (Å²) in [6.07, 6.45) is 3.08. The molecule has 1 saturated heterocycles. The molecule has 180 valence electrons. The van der Waals surface area contributed by atoms with Crippen molar-refractivity contribution in [1.82, 2.24) is 9.97 Å². The number of aromatic nitrogens is 2. The Morgan fingerprint density at radius 2 is 2.00 bits per heavy atom. The van der Waals surface area contributed by atoms with Gasteiger partial charge in [-0.05, 0) is 56.2 Å². The third-order valence-corrected chi connectivity index (χ3v) is 6.72. The number of Topliss-reactive ketones (excluding diaryl/α,β-unsaturated/α-hetero) is 1. The van der Waals surface area contributed by atoms with Crippen LogP contribution < -0.4 is 9.64 Å². The molecule has 0 aliphatic carbocycles. The minimum absolute atomic E-state index is 0.0956. The van der Waals surface area contributed by atoms with E-state index in [0.29, 0.717) is 28.1 Å². The molecule has 4 rings (SSSR count). The smallest absolute Gasteiger partial charge is 0.350 e. The Morgan fingerprint density at radius 3 is 2.63 bits per heavy atom. The molecule has 1 N–H and O–H groups in total. The number of thiazole rings is 1. The Hall–Kier alpha value is -4.05. The van der Waals surface area contributed by atoms with Crippen molar-refractivity contribution in [1.29, 1.82) is 0 Å². The SMILES string of the molecule is CCOC(=O)c1sc(N2C(=O)C(=O)C(=C(O)c3ccc(OC)cc3C)[C@H]2c2cccnc2)nc1C. The van der Waals surface area contributed by atoms with E-state index in [0.717, 1.165) is 11.3 Å². The maximum Gasteiger partial charge on any atom is 0.350 e. The van der Waals surface area contributed by atoms with Gasteiger partial charge in [-0.2, -0.15) is 0 Å². The molecule has 10 heteroatoms. The number of benzene rings is 1. The average Bonchev–Trinajstić information content (AvgIpc) is 3.36. The number of aliphatic hydroxyl groups excluding tert-OH is 1. The summed E-state index contributed by atoms with van der Waals surface area (Å²) in [5, 5.41) is 11.4. The minimum Gasteiger partial charge on any atom is -0.507 e. The summed E-state index contributed by atoms with van der Waals surface area (Å²) in [7, 11) is 1.53. The van der Waals surface area contributed by atoms with Gasteiger partial charge in [0.25, 0.3) is 5.78 Å². The Morgan fingerprint density at radius 1 is 1.23 bits per heavy atom. The molecule has 1 fully saturated rings. The molecule has 0 unspecified atom stereocenters. The number of nitrogens with zero attached hydrogens (tertiary/aromatic N) is 3. The number of carbonyl (C=O) groups is 3. The third kappa shape index (κ3) is 4.28. The number of pyridine rings is 1. The Balaban J connectivity index is 1.91. The van der Waals surface area contributed by atoms with E-state index >= 15 is 0 Å². The monoisotopic (exact) mass is 493 g/mol. The molecule has 0 radical (unpaired) electrons. The van der Waals surface area contributed by atoms with E-state index in [2.05, 4.69) is 9.97 Å². The molecule has 9 nitrogen and oxygen atoms in total. The average molecular weight is 494 g/mol. The van der Waals surface area contributed by atoms with E-state index in [1.807, 2.05) is 0 Å². The second-order valence-corrected chi connectivity index (χ2v) is 8.75. The number of ether oxygens (including phenoxy) is 2. The van der Waals surface area contributed by atoms with Gasteiger partial charge < -0.3 is 14.6 Å². The van der Waals surface area contributed by atoms with E-state index in [4.69, 9.17) is 9.47 Å². The van der Waals surface area contributed by atoms with Gasteiger partial charge in [0.05, 0.1) is 31.0 Å². The lowest BCUT2D eigenvalue weighted by Crippen LogP contribution is -2.29. The highest BCUT2D eigenvalue weighted by molar-refractivity contribution is 7.17. The molecule has 1 aromatic carbocycles. The van der Waals surface area contributed by atoms with Gasteiger partial charge in [0.15, 0.2) is 5.13 Å². The lowest BCUT2D eigenvalue weighted by Gasteiger charge is -2.22. The van der Waals surface area contributed by atoms with Gasteiger partial charge in [-0.1, -0.05) is 17.4 Å². The van der Waals surface area contributed by atoms with Gasteiger partial charge in [-0.25, -0.2) is 9.78 Å². The van der Waals surface area contributed by atoms with Crippen LogP contribution in [0.25, 0.3) is 5.76 Å². The molecule has 0 bridgehead atoms. The predicted molar refractivity (Wildman–Crippen MR) is 130 cm³/mol. The second kappa shape index (κ2) is 9.67. The quantitative estimate of drug-likeness (QED) is 0.237. The molecule has 1 atom stereocenters. The minimum atomic E-state index is -0.995. The van der Waals surface area contributed by atoms with Crippen LogP contribution in [0.2, 0.25) is 0 Å². The number of hydrogen-bond acceptors (Lipinski definition) is 9. The molecular weight excluding hydrogens is 470 g/mol. The fourth-order valence-electron chi connectivity index (χ4n) is 3.93. The van der Waals surface area contributed by atoms with Crippen molar-refractivity contribution in [3.8, 4) is 5.75 Å². The van der Waals surface area contributed by atoms with Crippen LogP contribution in [0.3, 0.4) is 0 Å². The van der Waals surface area contributed by atoms with E-state index in [1.54, 1.807) is 57.3 Å². The lowest BCUT2D eigenvalue weighted by atomic mass is 9.95. The summed E-state index contributed by atoms with van der Waals surface area (Å²) in [5.41, 5.74) is 1.83. The van der Waals surface area contributed by atoms with E-state index < -0.39 is 23.7 Å². The van der Waals surface area contributed by atoms with Crippen molar-refractivity contribution in [3.63, 3.8) is 0 Å². The number of rotatable bonds is 6. The van der Waals surface area contributed by atoms with Crippen LogP contribution in [-0.4, -0.2) is 46.5 Å². The molecule has 1 aliphatic rings. The van der Waals surface area contributed by atoms with Crippen molar-refractivity contribution in [3.05, 3.63) is 75.6 Å². The van der Waals surface area contributed by atoms with Crippen molar-refractivity contribution in [2.45, 2.75) is 26.8 Å². The van der Waals surface area contributed by atoms with Crippen molar-refractivity contribution < 1.29 is 29.0 Å². The Kier molecular flexibility index (Phi) is 6.65. The van der Waals surface area contributed by atoms with Crippen LogP contribution in [0.1, 0.15) is 45.0 Å². The highest BCUT2D eigenvalue weighted by Gasteiger charge is 2.48. The molecule has 1 amide bonds. The molecule has 3 heterocycles. The summed E-state index contributed by atoms with van der Waals surface area (Å²) in [6.45, 7) is 5.27. The van der Waals surface area contributed by atoms with Crippen molar-refractivity contribution in [2.24, 2.45) is 0 Å². The van der Waals surface area contributed by atoms with Crippen LogP contribution in [0.5, 0.6) is 5.75 Å². The first-order chi connectivity index (χ1) is 16.8. The third-order valence-electron chi connectivity index (χ3n) is 5.59. The summed E-state index contributed by atoms with van der Waals surface area (Å²) >= 11 is 0.953. The fraction of sp³-hybridized carbons (Fsp3) is 0.240.